The van der Waals surface area contributed by atoms with Crippen LogP contribution in [0.15, 0.2) is 60.4 Å². The Morgan fingerprint density at radius 3 is 2.97 bits per heavy atom. The highest BCUT2D eigenvalue weighted by Crippen LogP contribution is 2.28. The summed E-state index contributed by atoms with van der Waals surface area (Å²) in [4.78, 5) is 24.3. The highest BCUT2D eigenvalue weighted by atomic mass is 32.1. The smallest absolute Gasteiger partial charge is 0.225 e. The normalized spacial score (nSPS) is 16.3. The van der Waals surface area contributed by atoms with Crippen molar-refractivity contribution >= 4 is 44.2 Å². The van der Waals surface area contributed by atoms with E-state index < -0.39 is 0 Å². The van der Waals surface area contributed by atoms with E-state index in [0.29, 0.717) is 30.0 Å². The van der Waals surface area contributed by atoms with Crippen LogP contribution in [0.1, 0.15) is 30.4 Å². The van der Waals surface area contributed by atoms with Crippen LogP contribution < -0.4 is 10.2 Å². The summed E-state index contributed by atoms with van der Waals surface area (Å²) in [5.41, 5.74) is 2.85. The average molecular weight is 515 g/mol. The SMILES string of the molecule is Cc1ccc(-n2cc3c(N4CCCCC(C(=O)NCc5ccc6sccc6c5)C4)ncnc3n2)cc1F. The van der Waals surface area contributed by atoms with Crippen LogP contribution >= 0.6 is 11.3 Å². The Balaban J connectivity index is 1.21. The second-order valence-electron chi connectivity index (χ2n) is 9.59. The minimum absolute atomic E-state index is 0.0634. The van der Waals surface area contributed by atoms with Gasteiger partial charge in [0.2, 0.25) is 5.91 Å². The molecule has 0 radical (unpaired) electrons. The number of aryl methyl sites for hydroxylation is 1. The number of carbonyl (C=O) groups is 1. The first kappa shape index (κ1) is 23.5. The number of aromatic nitrogens is 4. The number of rotatable bonds is 5. The second kappa shape index (κ2) is 9.89. The van der Waals surface area contributed by atoms with E-state index in [2.05, 4.69) is 54.9 Å². The van der Waals surface area contributed by atoms with Gasteiger partial charge in [-0.1, -0.05) is 18.6 Å². The molecule has 9 heteroatoms. The van der Waals surface area contributed by atoms with E-state index in [-0.39, 0.29) is 17.6 Å². The van der Waals surface area contributed by atoms with Gasteiger partial charge in [0.25, 0.3) is 0 Å². The fraction of sp³-hybridized carbons (Fsp3) is 0.286. The van der Waals surface area contributed by atoms with E-state index in [4.69, 9.17) is 0 Å². The van der Waals surface area contributed by atoms with Gasteiger partial charge in [0, 0.05) is 30.5 Å². The van der Waals surface area contributed by atoms with E-state index in [1.165, 1.54) is 22.5 Å². The fourth-order valence-corrected chi connectivity index (χ4v) is 5.71. The van der Waals surface area contributed by atoms with Gasteiger partial charge in [0.15, 0.2) is 5.65 Å². The van der Waals surface area contributed by atoms with Gasteiger partial charge in [-0.05, 0) is 72.0 Å². The Bertz CT molecular complexity index is 1590. The largest absolute Gasteiger partial charge is 0.355 e. The molecule has 4 heterocycles. The van der Waals surface area contributed by atoms with Gasteiger partial charge in [-0.25, -0.2) is 19.0 Å². The summed E-state index contributed by atoms with van der Waals surface area (Å²) in [5, 5.41) is 11.8. The number of benzene rings is 2. The van der Waals surface area contributed by atoms with Crippen molar-refractivity contribution in [3.8, 4) is 5.69 Å². The number of hydrogen-bond donors (Lipinski definition) is 1. The lowest BCUT2D eigenvalue weighted by atomic mass is 10.0. The van der Waals surface area contributed by atoms with E-state index in [0.717, 1.165) is 42.6 Å². The van der Waals surface area contributed by atoms with E-state index >= 15 is 0 Å². The number of halogens is 1. The van der Waals surface area contributed by atoms with Crippen molar-refractivity contribution in [3.05, 3.63) is 77.3 Å². The standard InChI is InChI=1S/C28H27FN6OS/c1-18-5-7-22(13-24(18)29)35-16-23-26(33-35)31-17-32-27(23)34-10-3-2-4-21(15-34)28(36)30-14-19-6-8-25-20(12-19)9-11-37-25/h5-9,11-13,16-17,21H,2-4,10,14-15H2,1H3,(H,30,36). The van der Waals surface area contributed by atoms with E-state index in [1.54, 1.807) is 29.0 Å². The molecular formula is C28H27FN6OS. The first-order chi connectivity index (χ1) is 18.0. The van der Waals surface area contributed by atoms with Gasteiger partial charge in [-0.15, -0.1) is 16.4 Å². The molecule has 1 aliphatic rings. The maximum atomic E-state index is 14.2. The Kier molecular flexibility index (Phi) is 6.30. The summed E-state index contributed by atoms with van der Waals surface area (Å²) < 4.78 is 17.1. The summed E-state index contributed by atoms with van der Waals surface area (Å²) >= 11 is 1.72. The Labute approximate surface area is 218 Å². The molecule has 0 saturated carbocycles. The zero-order valence-electron chi connectivity index (χ0n) is 20.5. The van der Waals surface area contributed by atoms with Gasteiger partial charge in [0.1, 0.15) is 18.0 Å². The minimum Gasteiger partial charge on any atom is -0.355 e. The van der Waals surface area contributed by atoms with Crippen LogP contribution in [-0.2, 0) is 11.3 Å². The van der Waals surface area contributed by atoms with Crippen molar-refractivity contribution in [1.29, 1.82) is 0 Å². The molecule has 1 saturated heterocycles. The number of nitrogens with one attached hydrogen (secondary N) is 1. The van der Waals surface area contributed by atoms with Crippen molar-refractivity contribution in [3.63, 3.8) is 0 Å². The van der Waals surface area contributed by atoms with Crippen molar-refractivity contribution in [2.75, 3.05) is 18.0 Å². The monoisotopic (exact) mass is 514 g/mol. The van der Waals surface area contributed by atoms with Gasteiger partial charge >= 0.3 is 0 Å². The topological polar surface area (TPSA) is 75.9 Å². The van der Waals surface area contributed by atoms with Crippen molar-refractivity contribution in [1.82, 2.24) is 25.1 Å². The minimum atomic E-state index is -0.278. The number of thiophene rings is 1. The number of amides is 1. The third-order valence-corrected chi connectivity index (χ3v) is 7.94. The molecule has 1 aliphatic heterocycles. The van der Waals surface area contributed by atoms with Gasteiger partial charge in [-0.2, -0.15) is 0 Å². The summed E-state index contributed by atoms with van der Waals surface area (Å²) in [5.74, 6) is 0.401. The molecule has 2 aromatic carbocycles. The van der Waals surface area contributed by atoms with Gasteiger partial charge < -0.3 is 10.2 Å². The molecule has 0 bridgehead atoms. The Hall–Kier alpha value is -3.85. The van der Waals surface area contributed by atoms with E-state index in [9.17, 15) is 9.18 Å². The van der Waals surface area contributed by atoms with Crippen LogP contribution in [0.4, 0.5) is 10.2 Å². The Morgan fingerprint density at radius 1 is 1.16 bits per heavy atom. The molecule has 1 unspecified atom stereocenters. The van der Waals surface area contributed by atoms with Crippen molar-refractivity contribution < 1.29 is 9.18 Å². The maximum Gasteiger partial charge on any atom is 0.225 e. The van der Waals surface area contributed by atoms with E-state index in [1.807, 2.05) is 12.3 Å². The molecule has 1 atom stereocenters. The fourth-order valence-electron chi connectivity index (χ4n) is 4.94. The Morgan fingerprint density at radius 2 is 2.08 bits per heavy atom. The van der Waals surface area contributed by atoms with Crippen LogP contribution in [0, 0.1) is 18.7 Å². The second-order valence-corrected chi connectivity index (χ2v) is 10.5. The molecular weight excluding hydrogens is 487 g/mol. The number of hydrogen-bond acceptors (Lipinski definition) is 6. The number of nitrogens with zero attached hydrogens (tertiary/aromatic N) is 5. The van der Waals surface area contributed by atoms with Crippen LogP contribution in [-0.4, -0.2) is 38.7 Å². The molecule has 1 N–H and O–H groups in total. The summed E-state index contributed by atoms with van der Waals surface area (Å²) in [6.07, 6.45) is 6.13. The van der Waals surface area contributed by atoms with Crippen LogP contribution in [0.5, 0.6) is 0 Å². The lowest BCUT2D eigenvalue weighted by Crippen LogP contribution is -2.38. The molecule has 1 amide bonds. The molecule has 6 rings (SSSR count). The molecule has 7 nitrogen and oxygen atoms in total. The van der Waals surface area contributed by atoms with Crippen molar-refractivity contribution in [2.45, 2.75) is 32.7 Å². The average Bonchev–Trinajstić information content (AvgIpc) is 3.49. The highest BCUT2D eigenvalue weighted by Gasteiger charge is 2.26. The highest BCUT2D eigenvalue weighted by molar-refractivity contribution is 7.17. The maximum absolute atomic E-state index is 14.2. The molecule has 3 aromatic heterocycles. The third kappa shape index (κ3) is 4.79. The predicted octanol–water partition coefficient (Wildman–Crippen LogP) is 5.40. The molecule has 0 aliphatic carbocycles. The molecule has 1 fully saturated rings. The zero-order valence-corrected chi connectivity index (χ0v) is 21.3. The summed E-state index contributed by atoms with van der Waals surface area (Å²) in [7, 11) is 0. The molecule has 188 valence electrons. The third-order valence-electron chi connectivity index (χ3n) is 7.04. The van der Waals surface area contributed by atoms with Gasteiger partial charge in [-0.3, -0.25) is 4.79 Å². The zero-order chi connectivity index (χ0) is 25.4. The predicted molar refractivity (Wildman–Crippen MR) is 145 cm³/mol. The first-order valence-corrected chi connectivity index (χ1v) is 13.4. The quantitative estimate of drug-likeness (QED) is 0.340. The molecule has 5 aromatic rings. The summed E-state index contributed by atoms with van der Waals surface area (Å²) in [6.45, 7) is 3.62. The summed E-state index contributed by atoms with van der Waals surface area (Å²) in [6, 6.07) is 13.5. The van der Waals surface area contributed by atoms with Crippen LogP contribution in [0.3, 0.4) is 0 Å². The van der Waals surface area contributed by atoms with Crippen molar-refractivity contribution in [2.24, 2.45) is 5.92 Å². The van der Waals surface area contributed by atoms with Gasteiger partial charge in [0.05, 0.1) is 17.0 Å². The molecule has 0 spiro atoms. The van der Waals surface area contributed by atoms with Crippen LogP contribution in [0.25, 0.3) is 26.8 Å². The number of anilines is 1. The lowest BCUT2D eigenvalue weighted by molar-refractivity contribution is -0.125. The lowest BCUT2D eigenvalue weighted by Gasteiger charge is -2.25. The number of fused-ring (bicyclic) bond motifs is 2. The number of carbonyl (C=O) groups excluding carboxylic acids is 1. The first-order valence-electron chi connectivity index (χ1n) is 12.5. The van der Waals surface area contributed by atoms with Crippen LogP contribution in [0.2, 0.25) is 0 Å². The molecule has 37 heavy (non-hydrogen) atoms.